The van der Waals surface area contributed by atoms with Gasteiger partial charge in [0.1, 0.15) is 12.6 Å². The monoisotopic (exact) mass is 239 g/mol. The lowest BCUT2D eigenvalue weighted by Crippen LogP contribution is -2.07. The van der Waals surface area contributed by atoms with E-state index in [0.717, 1.165) is 28.1 Å². The molecule has 0 spiro atoms. The summed E-state index contributed by atoms with van der Waals surface area (Å²) in [6.07, 6.45) is 0. The van der Waals surface area contributed by atoms with Crippen LogP contribution >= 0.6 is 0 Å². The molecule has 0 atom stereocenters. The van der Waals surface area contributed by atoms with E-state index in [9.17, 15) is 0 Å². The number of hydrogen-bond acceptors (Lipinski definition) is 3. The van der Waals surface area contributed by atoms with Gasteiger partial charge < -0.3 is 10.6 Å². The molecule has 0 saturated carbocycles. The fourth-order valence-corrected chi connectivity index (χ4v) is 2.00. The molecule has 18 heavy (non-hydrogen) atoms. The Morgan fingerprint density at radius 3 is 2.50 bits per heavy atom. The summed E-state index contributed by atoms with van der Waals surface area (Å²) < 4.78 is 1.72. The highest BCUT2D eigenvalue weighted by molar-refractivity contribution is 5.80. The van der Waals surface area contributed by atoms with Crippen LogP contribution in [0.3, 0.4) is 0 Å². The molecule has 0 amide bonds. The first-order valence-electron chi connectivity index (χ1n) is 5.67. The Labute approximate surface area is 105 Å². The minimum Gasteiger partial charge on any atom is -0.415 e. The number of rotatable bonds is 2. The van der Waals surface area contributed by atoms with Gasteiger partial charge in [-0.15, -0.1) is 0 Å². The Morgan fingerprint density at radius 1 is 1.06 bits per heavy atom. The maximum atomic E-state index is 5.69. The Kier molecular flexibility index (Phi) is 2.41. The molecule has 0 saturated heterocycles. The van der Waals surface area contributed by atoms with E-state index in [1.54, 1.807) is 11.8 Å². The third-order valence-electron chi connectivity index (χ3n) is 2.87. The van der Waals surface area contributed by atoms with Gasteiger partial charge in [-0.2, -0.15) is 4.73 Å². The van der Waals surface area contributed by atoms with Crippen molar-refractivity contribution in [2.24, 2.45) is 0 Å². The first-order valence-corrected chi connectivity index (χ1v) is 5.67. The summed E-state index contributed by atoms with van der Waals surface area (Å²) in [5.74, 6) is 0.777. The van der Waals surface area contributed by atoms with E-state index in [-0.39, 0.29) is 0 Å². The zero-order chi connectivity index (χ0) is 12.5. The molecule has 0 aliphatic rings. The molecule has 0 aliphatic heterocycles. The van der Waals surface area contributed by atoms with Gasteiger partial charge in [-0.05, 0) is 36.4 Å². The molecule has 2 N–H and O–H groups in total. The van der Waals surface area contributed by atoms with Crippen LogP contribution in [0.5, 0.6) is 0 Å². The van der Waals surface area contributed by atoms with E-state index in [1.165, 1.54) is 0 Å². The zero-order valence-electron chi connectivity index (χ0n) is 10.00. The van der Waals surface area contributed by atoms with Crippen molar-refractivity contribution in [3.63, 3.8) is 0 Å². The molecule has 90 valence electrons. The Morgan fingerprint density at radius 2 is 1.78 bits per heavy atom. The van der Waals surface area contributed by atoms with Gasteiger partial charge in [-0.3, -0.25) is 0 Å². The molecule has 0 unspecified atom stereocenters. The average molecular weight is 239 g/mol. The van der Waals surface area contributed by atoms with Crippen molar-refractivity contribution in [1.82, 2.24) is 9.71 Å². The number of nitrogen functional groups attached to an aromatic ring is 1. The SMILES string of the molecule is COn1c(-c2ccc(N)cc2)nc2ccccc21. The number of hydrogen-bond donors (Lipinski definition) is 1. The quantitative estimate of drug-likeness (QED) is 0.698. The maximum Gasteiger partial charge on any atom is 0.176 e. The summed E-state index contributed by atoms with van der Waals surface area (Å²) in [7, 11) is 1.63. The van der Waals surface area contributed by atoms with E-state index in [2.05, 4.69) is 4.98 Å². The summed E-state index contributed by atoms with van der Waals surface area (Å²) in [4.78, 5) is 9.99. The van der Waals surface area contributed by atoms with E-state index < -0.39 is 0 Å². The van der Waals surface area contributed by atoms with Crippen molar-refractivity contribution in [2.45, 2.75) is 0 Å². The molecule has 0 aliphatic carbocycles. The summed E-state index contributed by atoms with van der Waals surface area (Å²) in [5.41, 5.74) is 9.26. The molecule has 4 heteroatoms. The van der Waals surface area contributed by atoms with Crippen LogP contribution in [0.2, 0.25) is 0 Å². The Hall–Kier alpha value is -2.49. The maximum absolute atomic E-state index is 5.69. The number of nitrogens with zero attached hydrogens (tertiary/aromatic N) is 2. The number of anilines is 1. The van der Waals surface area contributed by atoms with Gasteiger partial charge in [0.2, 0.25) is 0 Å². The lowest BCUT2D eigenvalue weighted by molar-refractivity contribution is 0.182. The fourth-order valence-electron chi connectivity index (χ4n) is 2.00. The van der Waals surface area contributed by atoms with Crippen molar-refractivity contribution in [3.8, 4) is 11.4 Å². The van der Waals surface area contributed by atoms with Crippen LogP contribution in [0.15, 0.2) is 48.5 Å². The highest BCUT2D eigenvalue weighted by Crippen LogP contribution is 2.24. The number of imidazole rings is 1. The van der Waals surface area contributed by atoms with Crippen LogP contribution in [0.1, 0.15) is 0 Å². The second kappa shape index (κ2) is 4.07. The van der Waals surface area contributed by atoms with E-state index in [0.29, 0.717) is 0 Å². The smallest absolute Gasteiger partial charge is 0.176 e. The summed E-state index contributed by atoms with van der Waals surface area (Å²) in [6, 6.07) is 15.5. The molecule has 3 rings (SSSR count). The van der Waals surface area contributed by atoms with Crippen molar-refractivity contribution in [1.29, 1.82) is 0 Å². The van der Waals surface area contributed by atoms with Gasteiger partial charge in [0.05, 0.1) is 5.52 Å². The lowest BCUT2D eigenvalue weighted by Gasteiger charge is -2.06. The summed E-state index contributed by atoms with van der Waals surface area (Å²) >= 11 is 0. The second-order valence-electron chi connectivity index (χ2n) is 4.02. The molecule has 1 aromatic heterocycles. The fraction of sp³-hybridized carbons (Fsp3) is 0.0714. The summed E-state index contributed by atoms with van der Waals surface area (Å²) in [6.45, 7) is 0. The standard InChI is InChI=1S/C14H13N3O/c1-18-17-13-5-3-2-4-12(13)16-14(17)10-6-8-11(15)9-7-10/h2-9H,15H2,1H3. The highest BCUT2D eigenvalue weighted by atomic mass is 16.6. The molecule has 0 radical (unpaired) electrons. The van der Waals surface area contributed by atoms with Crippen LogP contribution < -0.4 is 10.6 Å². The molecular weight excluding hydrogens is 226 g/mol. The van der Waals surface area contributed by atoms with Gasteiger partial charge in [0, 0.05) is 11.3 Å². The predicted molar refractivity (Wildman–Crippen MR) is 72.1 cm³/mol. The van der Waals surface area contributed by atoms with Crippen molar-refractivity contribution in [2.75, 3.05) is 12.8 Å². The van der Waals surface area contributed by atoms with Crippen molar-refractivity contribution in [3.05, 3.63) is 48.5 Å². The third kappa shape index (κ3) is 1.59. The Balaban J connectivity index is 2.25. The number of aromatic nitrogens is 2. The predicted octanol–water partition coefficient (Wildman–Crippen LogP) is 2.34. The first-order chi connectivity index (χ1) is 8.79. The Bertz CT molecular complexity index is 686. The molecule has 4 nitrogen and oxygen atoms in total. The van der Waals surface area contributed by atoms with E-state index >= 15 is 0 Å². The van der Waals surface area contributed by atoms with Gasteiger partial charge in [-0.1, -0.05) is 12.1 Å². The van der Waals surface area contributed by atoms with Gasteiger partial charge in [0.25, 0.3) is 0 Å². The largest absolute Gasteiger partial charge is 0.415 e. The minimum absolute atomic E-state index is 0.735. The van der Waals surface area contributed by atoms with Crippen LogP contribution in [0, 0.1) is 0 Å². The molecule has 0 bridgehead atoms. The minimum atomic E-state index is 0.735. The molecular formula is C14H13N3O. The lowest BCUT2D eigenvalue weighted by atomic mass is 10.2. The molecule has 2 aromatic carbocycles. The van der Waals surface area contributed by atoms with Crippen LogP contribution in [-0.4, -0.2) is 16.8 Å². The molecule has 0 fully saturated rings. The number of benzene rings is 2. The zero-order valence-corrected chi connectivity index (χ0v) is 10.00. The van der Waals surface area contributed by atoms with Crippen LogP contribution in [-0.2, 0) is 0 Å². The third-order valence-corrected chi connectivity index (χ3v) is 2.87. The number of fused-ring (bicyclic) bond motifs is 1. The van der Waals surface area contributed by atoms with Crippen LogP contribution in [0.25, 0.3) is 22.4 Å². The van der Waals surface area contributed by atoms with Gasteiger partial charge in [0.15, 0.2) is 5.82 Å². The second-order valence-corrected chi connectivity index (χ2v) is 4.02. The number of para-hydroxylation sites is 2. The molecule has 1 heterocycles. The van der Waals surface area contributed by atoms with Gasteiger partial charge >= 0.3 is 0 Å². The number of nitrogens with two attached hydrogens (primary N) is 1. The topological polar surface area (TPSA) is 53.1 Å². The highest BCUT2D eigenvalue weighted by Gasteiger charge is 2.12. The summed E-state index contributed by atoms with van der Waals surface area (Å²) in [5, 5.41) is 0. The van der Waals surface area contributed by atoms with Crippen LogP contribution in [0.4, 0.5) is 5.69 Å². The average Bonchev–Trinajstić information content (AvgIpc) is 2.78. The van der Waals surface area contributed by atoms with Gasteiger partial charge in [-0.25, -0.2) is 4.98 Å². The van der Waals surface area contributed by atoms with E-state index in [4.69, 9.17) is 10.6 Å². The van der Waals surface area contributed by atoms with Crippen molar-refractivity contribution < 1.29 is 4.84 Å². The van der Waals surface area contributed by atoms with Crippen molar-refractivity contribution >= 4 is 16.7 Å². The van der Waals surface area contributed by atoms with E-state index in [1.807, 2.05) is 48.5 Å². The normalized spacial score (nSPS) is 10.7. The molecule has 3 aromatic rings. The first kappa shape index (κ1) is 10.7.